The summed E-state index contributed by atoms with van der Waals surface area (Å²) < 4.78 is 19.6. The summed E-state index contributed by atoms with van der Waals surface area (Å²) in [5.41, 5.74) is 3.82. The normalized spacial score (nSPS) is 14.0. The average Bonchev–Trinajstić information content (AvgIpc) is 3.45. The Balaban J connectivity index is 1.13. The van der Waals surface area contributed by atoms with Gasteiger partial charge in [-0.25, -0.2) is 9.59 Å². The largest absolute Gasteiger partial charge is 0.445 e. The Morgan fingerprint density at radius 2 is 1.56 bits per heavy atom. The van der Waals surface area contributed by atoms with Crippen LogP contribution in [0.25, 0.3) is 10.9 Å². The van der Waals surface area contributed by atoms with E-state index >= 15 is 0 Å². The van der Waals surface area contributed by atoms with Gasteiger partial charge in [-0.05, 0) is 68.4 Å². The first-order valence-corrected chi connectivity index (χ1v) is 15.9. The van der Waals surface area contributed by atoms with E-state index in [1.54, 1.807) is 9.80 Å². The van der Waals surface area contributed by atoms with Gasteiger partial charge in [0, 0.05) is 56.4 Å². The first-order chi connectivity index (χ1) is 21.7. The summed E-state index contributed by atoms with van der Waals surface area (Å²) in [6.07, 6.45) is 3.21. The average molecular weight is 612 g/mol. The van der Waals surface area contributed by atoms with Crippen molar-refractivity contribution in [1.29, 1.82) is 0 Å². The van der Waals surface area contributed by atoms with Crippen LogP contribution < -0.4 is 0 Å². The van der Waals surface area contributed by atoms with Crippen molar-refractivity contribution in [2.75, 3.05) is 32.8 Å². The molecule has 2 heterocycles. The first kappa shape index (κ1) is 32.1. The fourth-order valence-electron chi connectivity index (χ4n) is 5.63. The molecular formula is C37H45N3O5. The van der Waals surface area contributed by atoms with Crippen molar-refractivity contribution in [3.63, 3.8) is 0 Å². The molecule has 8 nitrogen and oxygen atoms in total. The van der Waals surface area contributed by atoms with E-state index in [0.29, 0.717) is 45.3 Å². The Hall–Kier alpha value is -4.30. The zero-order valence-corrected chi connectivity index (χ0v) is 26.7. The number of likely N-dealkylation sites (tertiary alicyclic amines) is 1. The van der Waals surface area contributed by atoms with Crippen LogP contribution in [-0.2, 0) is 33.9 Å². The van der Waals surface area contributed by atoms with Crippen molar-refractivity contribution in [2.24, 2.45) is 5.92 Å². The molecule has 2 amide bonds. The molecule has 0 bridgehead atoms. The van der Waals surface area contributed by atoms with Gasteiger partial charge in [-0.15, -0.1) is 0 Å². The maximum Gasteiger partial charge on any atom is 0.410 e. The lowest BCUT2D eigenvalue weighted by molar-refractivity contribution is 0.0108. The number of amides is 2. The summed E-state index contributed by atoms with van der Waals surface area (Å²) in [6.45, 7) is 9.86. The third-order valence-corrected chi connectivity index (χ3v) is 8.05. The summed E-state index contributed by atoms with van der Waals surface area (Å²) in [6, 6.07) is 28.5. The summed E-state index contributed by atoms with van der Waals surface area (Å²) >= 11 is 0. The standard InChI is InChI=1S/C37H45N3O5/c1-37(2,3)45-36(42)40(26-32-15-10-16-34-33(32)19-22-39(34)25-29-11-6-4-7-12-29)23-24-43-27-31-17-20-38(21-18-31)35(41)44-28-30-13-8-5-9-14-30/h4-16,19,22,31H,17-18,20-21,23-28H2,1-3H3. The molecule has 238 valence electrons. The molecule has 5 rings (SSSR count). The molecule has 1 aliphatic heterocycles. The van der Waals surface area contributed by atoms with Crippen molar-refractivity contribution in [3.05, 3.63) is 108 Å². The Kier molecular flexibility index (Phi) is 10.8. The maximum atomic E-state index is 13.3. The predicted octanol–water partition coefficient (Wildman–Crippen LogP) is 7.49. The Labute approximate surface area is 266 Å². The van der Waals surface area contributed by atoms with Gasteiger partial charge in [-0.2, -0.15) is 0 Å². The van der Waals surface area contributed by atoms with Crippen LogP contribution in [0.15, 0.2) is 91.1 Å². The van der Waals surface area contributed by atoms with Crippen molar-refractivity contribution in [1.82, 2.24) is 14.4 Å². The molecular weight excluding hydrogens is 566 g/mol. The van der Waals surface area contributed by atoms with E-state index in [9.17, 15) is 9.59 Å². The predicted molar refractivity (Wildman–Crippen MR) is 176 cm³/mol. The number of rotatable bonds is 11. The van der Waals surface area contributed by atoms with Gasteiger partial charge in [0.05, 0.1) is 6.61 Å². The van der Waals surface area contributed by atoms with Crippen molar-refractivity contribution >= 4 is 23.1 Å². The SMILES string of the molecule is CC(C)(C)OC(=O)N(CCOCC1CCN(C(=O)OCc2ccccc2)CC1)Cc1cccc2c1ccn2Cc1ccccc1. The molecule has 8 heteroatoms. The van der Waals surface area contributed by atoms with Crippen LogP contribution in [0.4, 0.5) is 9.59 Å². The highest BCUT2D eigenvalue weighted by atomic mass is 16.6. The summed E-state index contributed by atoms with van der Waals surface area (Å²) in [5, 5.41) is 1.12. The fraction of sp³-hybridized carbons (Fsp3) is 0.405. The number of benzene rings is 3. The van der Waals surface area contributed by atoms with E-state index in [4.69, 9.17) is 14.2 Å². The molecule has 1 aromatic heterocycles. The Morgan fingerprint density at radius 1 is 0.867 bits per heavy atom. The van der Waals surface area contributed by atoms with Crippen LogP contribution in [0.1, 0.15) is 50.3 Å². The fourth-order valence-corrected chi connectivity index (χ4v) is 5.63. The molecule has 1 aliphatic rings. The third-order valence-electron chi connectivity index (χ3n) is 8.05. The smallest absolute Gasteiger partial charge is 0.410 e. The van der Waals surface area contributed by atoms with E-state index in [2.05, 4.69) is 53.2 Å². The van der Waals surface area contributed by atoms with Gasteiger partial charge in [0.2, 0.25) is 0 Å². The third kappa shape index (κ3) is 9.35. The van der Waals surface area contributed by atoms with E-state index in [0.717, 1.165) is 41.4 Å². The molecule has 0 N–H and O–H groups in total. The van der Waals surface area contributed by atoms with E-state index in [1.807, 2.05) is 63.2 Å². The highest BCUT2D eigenvalue weighted by molar-refractivity contribution is 5.84. The van der Waals surface area contributed by atoms with Gasteiger partial charge >= 0.3 is 12.2 Å². The van der Waals surface area contributed by atoms with Gasteiger partial charge in [0.15, 0.2) is 0 Å². The number of carbonyl (C=O) groups excluding carboxylic acids is 2. The van der Waals surface area contributed by atoms with Gasteiger partial charge in [-0.3, -0.25) is 0 Å². The lowest BCUT2D eigenvalue weighted by Crippen LogP contribution is -2.40. The number of hydrogen-bond acceptors (Lipinski definition) is 5. The number of carbonyl (C=O) groups is 2. The lowest BCUT2D eigenvalue weighted by Gasteiger charge is -2.31. The maximum absolute atomic E-state index is 13.3. The quantitative estimate of drug-likeness (QED) is 0.164. The molecule has 0 unspecified atom stereocenters. The minimum atomic E-state index is -0.600. The first-order valence-electron chi connectivity index (χ1n) is 15.9. The molecule has 3 aromatic carbocycles. The van der Waals surface area contributed by atoms with Crippen LogP contribution in [0.3, 0.4) is 0 Å². The van der Waals surface area contributed by atoms with E-state index in [-0.39, 0.29) is 18.8 Å². The molecule has 0 atom stereocenters. The number of piperidine rings is 1. The molecule has 4 aromatic rings. The second-order valence-corrected chi connectivity index (χ2v) is 12.7. The van der Waals surface area contributed by atoms with Crippen molar-refractivity contribution in [3.8, 4) is 0 Å². The molecule has 0 aliphatic carbocycles. The lowest BCUT2D eigenvalue weighted by atomic mass is 9.98. The second-order valence-electron chi connectivity index (χ2n) is 12.7. The molecule has 0 radical (unpaired) electrons. The number of ether oxygens (including phenoxy) is 3. The molecule has 0 saturated carbocycles. The monoisotopic (exact) mass is 611 g/mol. The topological polar surface area (TPSA) is 73.2 Å². The molecule has 1 saturated heterocycles. The van der Waals surface area contributed by atoms with E-state index in [1.165, 1.54) is 5.56 Å². The van der Waals surface area contributed by atoms with Crippen LogP contribution >= 0.6 is 0 Å². The minimum Gasteiger partial charge on any atom is -0.445 e. The molecule has 0 spiro atoms. The molecule has 45 heavy (non-hydrogen) atoms. The zero-order chi connectivity index (χ0) is 31.6. The van der Waals surface area contributed by atoms with Crippen LogP contribution in [0.5, 0.6) is 0 Å². The van der Waals surface area contributed by atoms with Crippen LogP contribution in [0, 0.1) is 5.92 Å². The van der Waals surface area contributed by atoms with Crippen molar-refractivity contribution in [2.45, 2.75) is 58.9 Å². The summed E-state index contributed by atoms with van der Waals surface area (Å²) in [7, 11) is 0. The summed E-state index contributed by atoms with van der Waals surface area (Å²) in [4.78, 5) is 29.3. The number of fused-ring (bicyclic) bond motifs is 1. The number of aromatic nitrogens is 1. The second kappa shape index (κ2) is 15.1. The van der Waals surface area contributed by atoms with Gasteiger partial charge in [0.1, 0.15) is 12.2 Å². The summed E-state index contributed by atoms with van der Waals surface area (Å²) in [5.74, 6) is 0.358. The van der Waals surface area contributed by atoms with Crippen LogP contribution in [0.2, 0.25) is 0 Å². The van der Waals surface area contributed by atoms with Gasteiger partial charge in [-0.1, -0.05) is 72.8 Å². The van der Waals surface area contributed by atoms with Gasteiger partial charge in [0.25, 0.3) is 0 Å². The number of nitrogens with zero attached hydrogens (tertiary/aromatic N) is 3. The highest BCUT2D eigenvalue weighted by Crippen LogP contribution is 2.24. The van der Waals surface area contributed by atoms with Gasteiger partial charge < -0.3 is 28.6 Å². The van der Waals surface area contributed by atoms with Crippen LogP contribution in [-0.4, -0.2) is 65.0 Å². The Bertz CT molecular complexity index is 1520. The number of hydrogen-bond donors (Lipinski definition) is 0. The Morgan fingerprint density at radius 3 is 2.24 bits per heavy atom. The zero-order valence-electron chi connectivity index (χ0n) is 26.7. The van der Waals surface area contributed by atoms with E-state index < -0.39 is 5.60 Å². The minimum absolute atomic E-state index is 0.267. The molecule has 1 fully saturated rings. The van der Waals surface area contributed by atoms with Crippen molar-refractivity contribution < 1.29 is 23.8 Å². The highest BCUT2D eigenvalue weighted by Gasteiger charge is 2.25.